The molecular formula is C19H25N5O5S. The molecule has 11 heteroatoms. The number of methoxy groups -OCH3 is 2. The summed E-state index contributed by atoms with van der Waals surface area (Å²) in [4.78, 5) is 20.3. The molecule has 30 heavy (non-hydrogen) atoms. The molecule has 3 rings (SSSR count). The first-order valence-corrected chi connectivity index (χ1v) is 10.5. The average Bonchev–Trinajstić information content (AvgIpc) is 3.21. The van der Waals surface area contributed by atoms with Gasteiger partial charge in [0.05, 0.1) is 32.1 Å². The van der Waals surface area contributed by atoms with E-state index in [1.165, 1.54) is 14.2 Å². The molecule has 1 saturated heterocycles. The van der Waals surface area contributed by atoms with Gasteiger partial charge in [0.1, 0.15) is 17.1 Å². The summed E-state index contributed by atoms with van der Waals surface area (Å²) in [5.41, 5.74) is 0.348. The summed E-state index contributed by atoms with van der Waals surface area (Å²) in [5.74, 6) is 0.885. The number of nitrogens with zero attached hydrogens (tertiary/aromatic N) is 5. The monoisotopic (exact) mass is 435 g/mol. The summed E-state index contributed by atoms with van der Waals surface area (Å²) in [6, 6.07) is 5.12. The summed E-state index contributed by atoms with van der Waals surface area (Å²) in [5, 5.41) is 17.9. The Bertz CT molecular complexity index is 873. The van der Waals surface area contributed by atoms with E-state index in [4.69, 9.17) is 14.0 Å². The van der Waals surface area contributed by atoms with Gasteiger partial charge in [-0.05, 0) is 31.5 Å². The second kappa shape index (κ2) is 10.3. The predicted octanol–water partition coefficient (Wildman–Crippen LogP) is 0.217. The van der Waals surface area contributed by atoms with Gasteiger partial charge >= 0.3 is 5.88 Å². The molecule has 0 atom stereocenters. The van der Waals surface area contributed by atoms with Crippen molar-refractivity contribution in [3.63, 3.8) is 0 Å². The van der Waals surface area contributed by atoms with Crippen LogP contribution in [0.25, 0.3) is 0 Å². The Morgan fingerprint density at radius 2 is 1.93 bits per heavy atom. The zero-order chi connectivity index (χ0) is 21.5. The van der Waals surface area contributed by atoms with Crippen LogP contribution in [0.2, 0.25) is 0 Å². The number of carbonyl (C=O) groups excluding carboxylic acids is 1. The number of thioether (sulfide) groups is 1. The van der Waals surface area contributed by atoms with Crippen LogP contribution in [0.3, 0.4) is 0 Å². The summed E-state index contributed by atoms with van der Waals surface area (Å²) >= 11 is 1.01. The van der Waals surface area contributed by atoms with Crippen molar-refractivity contribution in [3.8, 4) is 11.5 Å². The van der Waals surface area contributed by atoms with Gasteiger partial charge in [0.25, 0.3) is 6.20 Å². The van der Waals surface area contributed by atoms with Crippen molar-refractivity contribution >= 4 is 28.7 Å². The van der Waals surface area contributed by atoms with Gasteiger partial charge in [-0.1, -0.05) is 17.8 Å². The van der Waals surface area contributed by atoms with Crippen LogP contribution in [0.5, 0.6) is 11.5 Å². The number of aliphatic imine (C=N–C) groups is 1. The summed E-state index contributed by atoms with van der Waals surface area (Å²) in [6.45, 7) is 3.47. The van der Waals surface area contributed by atoms with Crippen molar-refractivity contribution < 1.29 is 28.7 Å². The zero-order valence-electron chi connectivity index (χ0n) is 17.2. The molecule has 0 unspecified atom stereocenters. The third kappa shape index (κ3) is 5.42. The fourth-order valence-electron chi connectivity index (χ4n) is 2.95. The van der Waals surface area contributed by atoms with Crippen molar-refractivity contribution in [2.24, 2.45) is 4.99 Å². The zero-order valence-corrected chi connectivity index (χ0v) is 18.1. The van der Waals surface area contributed by atoms with Gasteiger partial charge in [-0.25, -0.2) is 4.99 Å². The maximum absolute atomic E-state index is 12.6. The number of aromatic nitrogens is 2. The number of rotatable bonds is 8. The van der Waals surface area contributed by atoms with E-state index in [2.05, 4.69) is 22.2 Å². The second-order valence-corrected chi connectivity index (χ2v) is 7.71. The van der Waals surface area contributed by atoms with Gasteiger partial charge in [0.15, 0.2) is 0 Å². The molecule has 1 aliphatic rings. The van der Waals surface area contributed by atoms with Crippen LogP contribution in [-0.2, 0) is 0 Å². The highest BCUT2D eigenvalue weighted by Crippen LogP contribution is 2.32. The first kappa shape index (κ1) is 21.9. The molecule has 0 amide bonds. The third-order valence-electron chi connectivity index (χ3n) is 4.63. The topological polar surface area (TPSA) is 107 Å². The van der Waals surface area contributed by atoms with Gasteiger partial charge in [-0.3, -0.25) is 9.32 Å². The van der Waals surface area contributed by atoms with Crippen LogP contribution >= 0.6 is 11.8 Å². The Balaban J connectivity index is 1.54. The molecule has 0 N–H and O–H groups in total. The minimum Gasteiger partial charge on any atom is -0.862 e. The third-order valence-corrected chi connectivity index (χ3v) is 5.50. The lowest BCUT2D eigenvalue weighted by atomic mass is 10.2. The smallest absolute Gasteiger partial charge is 0.324 e. The van der Waals surface area contributed by atoms with E-state index in [0.29, 0.717) is 17.1 Å². The SMILES string of the molecule is COc1cccc(OC)c1C(=O)SCCC([O-])=Nc1c[n+](N2CCN(C)CC2)no1. The minimum atomic E-state index is -0.385. The number of ether oxygens (including phenoxy) is 2. The molecule has 1 aromatic carbocycles. The molecule has 0 aliphatic carbocycles. The number of piperazine rings is 1. The largest absolute Gasteiger partial charge is 0.862 e. The Labute approximate surface area is 179 Å². The van der Waals surface area contributed by atoms with Crippen molar-refractivity contribution in [3.05, 3.63) is 30.0 Å². The highest BCUT2D eigenvalue weighted by Gasteiger charge is 2.24. The number of likely N-dealkylation sites (N-methyl/N-ethyl adjacent to an activating group) is 1. The number of hydrogen-bond acceptors (Lipinski definition) is 10. The van der Waals surface area contributed by atoms with Crippen molar-refractivity contribution in [2.75, 3.05) is 58.2 Å². The molecular weight excluding hydrogens is 410 g/mol. The quantitative estimate of drug-likeness (QED) is 0.327. The highest BCUT2D eigenvalue weighted by atomic mass is 32.2. The molecule has 1 aliphatic heterocycles. The van der Waals surface area contributed by atoms with Crippen LogP contribution in [0.4, 0.5) is 5.88 Å². The Morgan fingerprint density at radius 1 is 1.27 bits per heavy atom. The molecule has 2 heterocycles. The first-order valence-electron chi connectivity index (χ1n) is 9.47. The van der Waals surface area contributed by atoms with Gasteiger partial charge in [-0.15, -0.1) is 0 Å². The molecule has 10 nitrogen and oxygen atoms in total. The highest BCUT2D eigenvalue weighted by molar-refractivity contribution is 8.14. The molecule has 0 spiro atoms. The molecule has 0 bridgehead atoms. The maximum Gasteiger partial charge on any atom is 0.324 e. The van der Waals surface area contributed by atoms with Gasteiger partial charge < -0.3 is 19.5 Å². The van der Waals surface area contributed by atoms with Crippen LogP contribution < -0.4 is 24.4 Å². The van der Waals surface area contributed by atoms with Crippen LogP contribution in [-0.4, -0.2) is 74.4 Å². The Hall–Kier alpha value is -2.79. The predicted molar refractivity (Wildman–Crippen MR) is 110 cm³/mol. The Morgan fingerprint density at radius 3 is 2.57 bits per heavy atom. The van der Waals surface area contributed by atoms with E-state index in [1.807, 2.05) is 5.01 Å². The number of benzene rings is 1. The number of carbonyl (C=O) groups is 1. The first-order chi connectivity index (χ1) is 14.5. The lowest BCUT2D eigenvalue weighted by Gasteiger charge is -2.26. The van der Waals surface area contributed by atoms with Crippen LogP contribution in [0, 0.1) is 0 Å². The Kier molecular flexibility index (Phi) is 7.52. The lowest BCUT2D eigenvalue weighted by molar-refractivity contribution is -0.759. The summed E-state index contributed by atoms with van der Waals surface area (Å²) in [7, 11) is 5.05. The van der Waals surface area contributed by atoms with Crippen molar-refractivity contribution in [1.82, 2.24) is 10.2 Å². The average molecular weight is 436 g/mol. The fraction of sp³-hybridized carbons (Fsp3) is 0.474. The standard InChI is InChI=1S/C19H25N5O5S/c1-22-8-10-23(11-9-22)24-13-17(29-21-24)20-16(25)7-12-30-19(26)18-14(27-2)5-4-6-15(18)28-3/h4-6,13H,7-12H2,1-3H3. The van der Waals surface area contributed by atoms with Gasteiger partial charge in [-0.2, -0.15) is 5.01 Å². The summed E-state index contributed by atoms with van der Waals surface area (Å²) < 4.78 is 15.6. The lowest BCUT2D eigenvalue weighted by Crippen LogP contribution is -2.64. The summed E-state index contributed by atoms with van der Waals surface area (Å²) in [6.07, 6.45) is 1.67. The van der Waals surface area contributed by atoms with E-state index in [-0.39, 0.29) is 29.1 Å². The molecule has 0 saturated carbocycles. The van der Waals surface area contributed by atoms with Gasteiger partial charge in [0, 0.05) is 18.8 Å². The maximum atomic E-state index is 12.6. The molecule has 162 valence electrons. The molecule has 1 aromatic heterocycles. The molecule has 2 aromatic rings. The van der Waals surface area contributed by atoms with Crippen LogP contribution in [0.15, 0.2) is 33.9 Å². The van der Waals surface area contributed by atoms with E-state index in [9.17, 15) is 9.90 Å². The fourth-order valence-corrected chi connectivity index (χ4v) is 3.75. The second-order valence-electron chi connectivity index (χ2n) is 6.65. The van der Waals surface area contributed by atoms with E-state index >= 15 is 0 Å². The normalized spacial score (nSPS) is 15.3. The van der Waals surface area contributed by atoms with E-state index in [1.54, 1.807) is 29.2 Å². The van der Waals surface area contributed by atoms with Crippen LogP contribution in [0.1, 0.15) is 16.8 Å². The minimum absolute atomic E-state index is 0.0864. The molecule has 0 radical (unpaired) electrons. The number of hydrogen-bond donors (Lipinski definition) is 0. The van der Waals surface area contributed by atoms with Crippen molar-refractivity contribution in [1.29, 1.82) is 0 Å². The van der Waals surface area contributed by atoms with E-state index in [0.717, 1.165) is 37.9 Å². The van der Waals surface area contributed by atoms with E-state index < -0.39 is 0 Å². The molecule has 1 fully saturated rings. The van der Waals surface area contributed by atoms with Crippen molar-refractivity contribution in [2.45, 2.75) is 6.42 Å². The van der Waals surface area contributed by atoms with Gasteiger partial charge in [0.2, 0.25) is 10.4 Å².